The Morgan fingerprint density at radius 2 is 2.28 bits per heavy atom. The first-order chi connectivity index (χ1) is 12.0. The molecular weight excluding hydrogens is 360 g/mol. The first-order valence-electron chi connectivity index (χ1n) is 7.81. The Kier molecular flexibility index (Phi) is 5.54. The van der Waals surface area contributed by atoms with Crippen LogP contribution >= 0.6 is 23.1 Å². The van der Waals surface area contributed by atoms with E-state index in [-0.39, 0.29) is 24.1 Å². The average molecular weight is 378 g/mol. The maximum atomic E-state index is 12.4. The van der Waals surface area contributed by atoms with Gasteiger partial charge in [0.2, 0.25) is 5.13 Å². The summed E-state index contributed by atoms with van der Waals surface area (Å²) >= 11 is 2.79. The molecule has 1 aliphatic heterocycles. The van der Waals surface area contributed by atoms with Crippen LogP contribution in [0.3, 0.4) is 0 Å². The molecule has 0 bridgehead atoms. The lowest BCUT2D eigenvalue weighted by molar-refractivity contribution is -0.118. The molecule has 0 radical (unpaired) electrons. The molecule has 2 heterocycles. The highest BCUT2D eigenvalue weighted by molar-refractivity contribution is 8.01. The number of thioether (sulfide) groups is 1. The summed E-state index contributed by atoms with van der Waals surface area (Å²) in [5.74, 6) is 1.09. The molecule has 0 aliphatic carbocycles. The zero-order chi connectivity index (χ0) is 17.8. The lowest BCUT2D eigenvalue weighted by Gasteiger charge is -2.18. The standard InChI is InChI=1S/C16H18N4O3S2/c1-9(2)6-17-15-19-20-16(25-15)24-8-12(21)10-3-4-13-11(5-10)18-14(22)7-23-13/h3-5,9H,6-8H2,1-2H3,(H,17,19)(H,18,22). The summed E-state index contributed by atoms with van der Waals surface area (Å²) in [5.41, 5.74) is 1.06. The molecule has 132 valence electrons. The number of ketones is 1. The van der Waals surface area contributed by atoms with Gasteiger partial charge in [-0.15, -0.1) is 10.2 Å². The van der Waals surface area contributed by atoms with E-state index >= 15 is 0 Å². The Balaban J connectivity index is 1.58. The van der Waals surface area contributed by atoms with Crippen molar-refractivity contribution in [2.45, 2.75) is 18.2 Å². The molecule has 2 N–H and O–H groups in total. The van der Waals surface area contributed by atoms with E-state index in [1.807, 2.05) is 0 Å². The number of carbonyl (C=O) groups is 2. The summed E-state index contributed by atoms with van der Waals surface area (Å²) in [6.45, 7) is 5.07. The molecule has 9 heteroatoms. The van der Waals surface area contributed by atoms with Gasteiger partial charge in [-0.05, 0) is 24.1 Å². The molecule has 25 heavy (non-hydrogen) atoms. The number of benzene rings is 1. The lowest BCUT2D eigenvalue weighted by atomic mass is 10.1. The molecule has 0 saturated heterocycles. The predicted molar refractivity (Wildman–Crippen MR) is 98.9 cm³/mol. The third kappa shape index (κ3) is 4.70. The van der Waals surface area contributed by atoms with Crippen LogP contribution in [-0.2, 0) is 4.79 Å². The molecule has 1 amide bonds. The molecule has 0 fully saturated rings. The van der Waals surface area contributed by atoms with Gasteiger partial charge in [-0.3, -0.25) is 9.59 Å². The first-order valence-corrected chi connectivity index (χ1v) is 9.61. The van der Waals surface area contributed by atoms with Gasteiger partial charge < -0.3 is 15.4 Å². The van der Waals surface area contributed by atoms with Gasteiger partial charge in [0.15, 0.2) is 16.7 Å². The number of carbonyl (C=O) groups excluding carboxylic acids is 2. The van der Waals surface area contributed by atoms with E-state index in [9.17, 15) is 9.59 Å². The number of hydrogen-bond acceptors (Lipinski definition) is 8. The van der Waals surface area contributed by atoms with Gasteiger partial charge in [0, 0.05) is 12.1 Å². The second kappa shape index (κ2) is 7.83. The monoisotopic (exact) mass is 378 g/mol. The smallest absolute Gasteiger partial charge is 0.262 e. The molecular formula is C16H18N4O3S2. The van der Waals surface area contributed by atoms with Crippen molar-refractivity contribution in [1.29, 1.82) is 0 Å². The molecule has 1 aromatic carbocycles. The summed E-state index contributed by atoms with van der Waals surface area (Å²) in [4.78, 5) is 23.7. The van der Waals surface area contributed by atoms with Crippen molar-refractivity contribution < 1.29 is 14.3 Å². The van der Waals surface area contributed by atoms with E-state index in [2.05, 4.69) is 34.7 Å². The largest absolute Gasteiger partial charge is 0.482 e. The molecule has 0 saturated carbocycles. The van der Waals surface area contributed by atoms with E-state index in [4.69, 9.17) is 4.74 Å². The first kappa shape index (κ1) is 17.7. The Morgan fingerprint density at radius 1 is 1.44 bits per heavy atom. The third-order valence-corrected chi connectivity index (χ3v) is 5.34. The second-order valence-corrected chi connectivity index (χ2v) is 8.11. The number of amides is 1. The summed E-state index contributed by atoms with van der Waals surface area (Å²) < 4.78 is 6.03. The van der Waals surface area contributed by atoms with Gasteiger partial charge in [0.1, 0.15) is 5.75 Å². The van der Waals surface area contributed by atoms with Gasteiger partial charge >= 0.3 is 0 Å². The maximum absolute atomic E-state index is 12.4. The Labute approximate surface area is 153 Å². The van der Waals surface area contributed by atoms with Crippen LogP contribution in [0.4, 0.5) is 10.8 Å². The Bertz CT molecular complexity index is 791. The topological polar surface area (TPSA) is 93.2 Å². The quantitative estimate of drug-likeness (QED) is 0.565. The van der Waals surface area contributed by atoms with Crippen LogP contribution in [0, 0.1) is 5.92 Å². The highest BCUT2D eigenvalue weighted by atomic mass is 32.2. The van der Waals surface area contributed by atoms with E-state index < -0.39 is 0 Å². The molecule has 2 aromatic rings. The van der Waals surface area contributed by atoms with Crippen molar-refractivity contribution in [3.63, 3.8) is 0 Å². The van der Waals surface area contributed by atoms with E-state index in [1.54, 1.807) is 18.2 Å². The number of aromatic nitrogens is 2. The van der Waals surface area contributed by atoms with Gasteiger partial charge in [-0.1, -0.05) is 36.9 Å². The average Bonchev–Trinajstić information content (AvgIpc) is 3.05. The Hall–Kier alpha value is -2.13. The Morgan fingerprint density at radius 3 is 3.08 bits per heavy atom. The lowest BCUT2D eigenvalue weighted by Crippen LogP contribution is -2.25. The SMILES string of the molecule is CC(C)CNc1nnc(SCC(=O)c2ccc3c(c2)NC(=O)CO3)s1. The van der Waals surface area contributed by atoms with E-state index in [0.29, 0.717) is 22.9 Å². The number of fused-ring (bicyclic) bond motifs is 1. The van der Waals surface area contributed by atoms with Crippen LogP contribution in [0.15, 0.2) is 22.5 Å². The van der Waals surface area contributed by atoms with Gasteiger partial charge in [0.25, 0.3) is 5.91 Å². The van der Waals surface area contributed by atoms with Crippen molar-refractivity contribution in [1.82, 2.24) is 10.2 Å². The number of rotatable bonds is 7. The van der Waals surface area contributed by atoms with Crippen LogP contribution in [-0.4, -0.2) is 40.8 Å². The minimum absolute atomic E-state index is 0.000367. The zero-order valence-corrected chi connectivity index (χ0v) is 15.5. The summed E-state index contributed by atoms with van der Waals surface area (Å²) in [6.07, 6.45) is 0. The third-order valence-electron chi connectivity index (χ3n) is 3.33. The van der Waals surface area contributed by atoms with Crippen LogP contribution in [0.5, 0.6) is 5.75 Å². The zero-order valence-electron chi connectivity index (χ0n) is 13.9. The summed E-state index contributed by atoms with van der Waals surface area (Å²) in [7, 11) is 0. The van der Waals surface area contributed by atoms with Crippen molar-refractivity contribution in [2.75, 3.05) is 29.5 Å². The number of ether oxygens (including phenoxy) is 1. The van der Waals surface area contributed by atoms with Crippen molar-refractivity contribution in [2.24, 2.45) is 5.92 Å². The molecule has 0 spiro atoms. The predicted octanol–water partition coefficient (Wildman–Crippen LogP) is 2.91. The fourth-order valence-electron chi connectivity index (χ4n) is 2.10. The minimum atomic E-state index is -0.221. The van der Waals surface area contributed by atoms with Crippen molar-refractivity contribution in [3.05, 3.63) is 23.8 Å². The minimum Gasteiger partial charge on any atom is -0.482 e. The van der Waals surface area contributed by atoms with Crippen molar-refractivity contribution >= 4 is 45.6 Å². The normalized spacial score (nSPS) is 13.2. The van der Waals surface area contributed by atoms with E-state index in [1.165, 1.54) is 23.1 Å². The van der Waals surface area contributed by atoms with Crippen molar-refractivity contribution in [3.8, 4) is 5.75 Å². The van der Waals surface area contributed by atoms with Gasteiger partial charge in [-0.25, -0.2) is 0 Å². The molecule has 0 unspecified atom stereocenters. The summed E-state index contributed by atoms with van der Waals surface area (Å²) in [6, 6.07) is 5.05. The summed E-state index contributed by atoms with van der Waals surface area (Å²) in [5, 5.41) is 14.8. The van der Waals surface area contributed by atoms with Crippen LogP contribution in [0.1, 0.15) is 24.2 Å². The molecule has 0 atom stereocenters. The number of Topliss-reactive ketones (excluding diaryl/α,β-unsaturated/α-hetero) is 1. The number of nitrogens with zero attached hydrogens (tertiary/aromatic N) is 2. The number of hydrogen-bond donors (Lipinski definition) is 2. The number of nitrogens with one attached hydrogen (secondary N) is 2. The van der Waals surface area contributed by atoms with Crippen LogP contribution in [0.2, 0.25) is 0 Å². The maximum Gasteiger partial charge on any atom is 0.262 e. The molecule has 3 rings (SSSR count). The van der Waals surface area contributed by atoms with Crippen LogP contribution in [0.25, 0.3) is 0 Å². The highest BCUT2D eigenvalue weighted by Crippen LogP contribution is 2.30. The second-order valence-electron chi connectivity index (χ2n) is 5.91. The molecule has 7 nitrogen and oxygen atoms in total. The highest BCUT2D eigenvalue weighted by Gasteiger charge is 2.18. The van der Waals surface area contributed by atoms with E-state index in [0.717, 1.165) is 16.0 Å². The molecule has 1 aromatic heterocycles. The fraction of sp³-hybridized carbons (Fsp3) is 0.375. The van der Waals surface area contributed by atoms with Gasteiger partial charge in [-0.2, -0.15) is 0 Å². The number of anilines is 2. The van der Waals surface area contributed by atoms with Crippen LogP contribution < -0.4 is 15.4 Å². The fourth-order valence-corrected chi connectivity index (χ4v) is 3.75. The van der Waals surface area contributed by atoms with Gasteiger partial charge in [0.05, 0.1) is 11.4 Å². The molecule has 1 aliphatic rings.